The topological polar surface area (TPSA) is 32.8 Å². The number of para-hydroxylation sites is 1. The van der Waals surface area contributed by atoms with Gasteiger partial charge < -0.3 is 0 Å². The van der Waals surface area contributed by atoms with Gasteiger partial charge in [-0.05, 0) is 0 Å². The third-order valence-electron chi connectivity index (χ3n) is 3.33. The van der Waals surface area contributed by atoms with Gasteiger partial charge in [0.1, 0.15) is 0 Å². The van der Waals surface area contributed by atoms with E-state index in [0.29, 0.717) is 6.54 Å². The zero-order valence-electron chi connectivity index (χ0n) is 10.2. The van der Waals surface area contributed by atoms with E-state index in [1.165, 1.54) is 0 Å². The molecule has 2 aliphatic rings. The van der Waals surface area contributed by atoms with Crippen molar-refractivity contribution in [3.05, 3.63) is 29.8 Å². The Morgan fingerprint density at radius 2 is 2.22 bits per heavy atom. The van der Waals surface area contributed by atoms with Gasteiger partial charge in [0.05, 0.1) is 0 Å². The Balaban J connectivity index is 2.20. The molecule has 1 fully saturated rings. The Morgan fingerprint density at radius 3 is 3.00 bits per heavy atom. The average Bonchev–Trinajstić information content (AvgIpc) is 2.39. The normalized spacial score (nSPS) is 26.8. The molecule has 0 radical (unpaired) electrons. The van der Waals surface area contributed by atoms with Gasteiger partial charge in [0.2, 0.25) is 0 Å². The van der Waals surface area contributed by atoms with Crippen molar-refractivity contribution in [3.8, 4) is 0 Å². The quantitative estimate of drug-likeness (QED) is 0.585. The summed E-state index contributed by atoms with van der Waals surface area (Å²) in [4.78, 5) is 12.5. The molecule has 3 rings (SSSR count). The van der Waals surface area contributed by atoms with E-state index >= 15 is 0 Å². The summed E-state index contributed by atoms with van der Waals surface area (Å²) in [5, 5.41) is 0. The van der Waals surface area contributed by atoms with Crippen LogP contribution in [0, 0.1) is 0 Å². The van der Waals surface area contributed by atoms with E-state index in [2.05, 4.69) is 19.8 Å². The number of carbonyl (C=O) groups excluding carboxylic acids is 1. The van der Waals surface area contributed by atoms with Crippen molar-refractivity contribution in [1.29, 1.82) is 0 Å². The molecule has 0 aliphatic carbocycles. The number of anilines is 1. The van der Waals surface area contributed by atoms with Crippen LogP contribution >= 0.6 is 6.04 Å². The summed E-state index contributed by atoms with van der Waals surface area (Å²) >= 11 is 3.19. The van der Waals surface area contributed by atoms with Crippen LogP contribution in [-0.4, -0.2) is 45.4 Å². The summed E-state index contributed by atoms with van der Waals surface area (Å²) in [6.07, 6.45) is 1.00. The van der Waals surface area contributed by atoms with Gasteiger partial charge in [-0.3, -0.25) is 0 Å². The molecule has 1 unspecified atom stereocenters. The molecule has 18 heavy (non-hydrogen) atoms. The predicted octanol–water partition coefficient (Wildman–Crippen LogP) is 2.24. The van der Waals surface area contributed by atoms with Crippen molar-refractivity contribution in [2.45, 2.75) is 13.3 Å². The summed E-state index contributed by atoms with van der Waals surface area (Å²) in [5.74, 6) is 0.0818. The molecule has 1 atom stereocenters. The summed E-state index contributed by atoms with van der Waals surface area (Å²) in [5.41, 5.74) is 1.80. The fraction of sp³-hybridized carbons (Fsp3) is 0.417. The standard InChI is InChI=1S/C12H15N2O2PSe/c1-2-13-12(15)10-6-3-4-7-11(10)14-8-5-9-16-17(13,14)18/h3-4,6-7H,2,5,8-9H2,1H3. The first-order chi connectivity index (χ1) is 8.68. The molecule has 1 aromatic rings. The van der Waals surface area contributed by atoms with Gasteiger partial charge in [-0.1, -0.05) is 0 Å². The van der Waals surface area contributed by atoms with Crippen molar-refractivity contribution in [2.75, 3.05) is 24.4 Å². The number of benzene rings is 1. The van der Waals surface area contributed by atoms with Crippen molar-refractivity contribution in [2.24, 2.45) is 0 Å². The van der Waals surface area contributed by atoms with E-state index in [9.17, 15) is 4.79 Å². The Labute approximate surface area is 114 Å². The monoisotopic (exact) mass is 330 g/mol. The molecule has 4 nitrogen and oxygen atoms in total. The van der Waals surface area contributed by atoms with Crippen LogP contribution in [0.25, 0.3) is 0 Å². The van der Waals surface area contributed by atoms with E-state index in [0.717, 1.165) is 30.8 Å². The number of hydrogen-bond acceptors (Lipinski definition) is 3. The molecule has 96 valence electrons. The molecule has 1 saturated heterocycles. The molecule has 0 spiro atoms. The number of hydrogen-bond donors (Lipinski definition) is 0. The van der Waals surface area contributed by atoms with Gasteiger partial charge in [0, 0.05) is 0 Å². The molecular formula is C12H15N2O2PSe. The molecule has 1 amide bonds. The number of amides is 1. The fourth-order valence-electron chi connectivity index (χ4n) is 2.51. The molecule has 0 N–H and O–H groups in total. The zero-order valence-corrected chi connectivity index (χ0v) is 12.8. The van der Waals surface area contributed by atoms with Gasteiger partial charge in [-0.2, -0.15) is 0 Å². The maximum absolute atomic E-state index is 12.5. The maximum atomic E-state index is 12.5. The molecule has 0 bridgehead atoms. The third-order valence-corrected chi connectivity index (χ3v) is 9.09. The van der Waals surface area contributed by atoms with E-state index in [-0.39, 0.29) is 5.91 Å². The molecule has 1 aromatic carbocycles. The number of fused-ring (bicyclic) bond motifs is 3. The van der Waals surface area contributed by atoms with E-state index in [4.69, 9.17) is 4.52 Å². The first-order valence-electron chi connectivity index (χ1n) is 6.12. The zero-order chi connectivity index (χ0) is 12.8. The van der Waals surface area contributed by atoms with Crippen molar-refractivity contribution in [3.63, 3.8) is 0 Å². The number of rotatable bonds is 1. The Kier molecular flexibility index (Phi) is 3.11. The average molecular weight is 329 g/mol. The van der Waals surface area contributed by atoms with Crippen molar-refractivity contribution < 1.29 is 9.32 Å². The van der Waals surface area contributed by atoms with Crippen LogP contribution in [0.15, 0.2) is 24.3 Å². The summed E-state index contributed by atoms with van der Waals surface area (Å²) in [6, 6.07) is 5.74. The summed E-state index contributed by atoms with van der Waals surface area (Å²) in [6.45, 7) is 4.34. The minimum atomic E-state index is -2.07. The first kappa shape index (κ1) is 12.4. The van der Waals surface area contributed by atoms with Crippen LogP contribution in [0.5, 0.6) is 0 Å². The Morgan fingerprint density at radius 1 is 1.44 bits per heavy atom. The molecule has 2 heterocycles. The third kappa shape index (κ3) is 1.62. The van der Waals surface area contributed by atoms with Crippen LogP contribution < -0.4 is 4.67 Å². The second-order valence-corrected chi connectivity index (χ2v) is 9.54. The first-order valence-corrected chi connectivity index (χ1v) is 9.95. The molecule has 0 aromatic heterocycles. The minimum absolute atomic E-state index is 0.0818. The van der Waals surface area contributed by atoms with E-state index < -0.39 is 6.04 Å². The second-order valence-electron chi connectivity index (χ2n) is 4.34. The van der Waals surface area contributed by atoms with Gasteiger partial charge >= 0.3 is 114 Å². The Hall–Kier alpha value is -0.601. The van der Waals surface area contributed by atoms with Crippen LogP contribution in [0.1, 0.15) is 23.7 Å². The van der Waals surface area contributed by atoms with E-state index in [1.54, 1.807) is 0 Å². The molecular weight excluding hydrogens is 314 g/mol. The van der Waals surface area contributed by atoms with Gasteiger partial charge in [0.25, 0.3) is 0 Å². The van der Waals surface area contributed by atoms with Crippen LogP contribution in [0.3, 0.4) is 0 Å². The van der Waals surface area contributed by atoms with Gasteiger partial charge in [-0.25, -0.2) is 0 Å². The van der Waals surface area contributed by atoms with Gasteiger partial charge in [-0.15, -0.1) is 0 Å². The van der Waals surface area contributed by atoms with Crippen LogP contribution in [-0.2, 0) is 4.52 Å². The van der Waals surface area contributed by atoms with Crippen molar-refractivity contribution in [1.82, 2.24) is 4.67 Å². The summed E-state index contributed by atoms with van der Waals surface area (Å²) < 4.78 is 10.1. The van der Waals surface area contributed by atoms with Crippen molar-refractivity contribution >= 4 is 32.7 Å². The second kappa shape index (κ2) is 4.50. The molecule has 6 heteroatoms. The van der Waals surface area contributed by atoms with E-state index in [1.807, 2.05) is 35.9 Å². The number of carbonyl (C=O) groups is 1. The summed E-state index contributed by atoms with van der Waals surface area (Å²) in [7, 11) is 0. The Bertz CT molecular complexity index is 549. The van der Waals surface area contributed by atoms with Gasteiger partial charge in [0.15, 0.2) is 0 Å². The number of nitrogens with zero attached hydrogens (tertiary/aromatic N) is 2. The fourth-order valence-corrected chi connectivity index (χ4v) is 7.68. The SMILES string of the molecule is CCN1C(=O)c2ccccc2N2CCCOP12=[Se]. The van der Waals surface area contributed by atoms with Crippen LogP contribution in [0.4, 0.5) is 5.69 Å². The molecule has 2 aliphatic heterocycles. The molecule has 0 saturated carbocycles. The van der Waals surface area contributed by atoms with Crippen LogP contribution in [0.2, 0.25) is 0 Å². The predicted molar refractivity (Wildman–Crippen MR) is 73.7 cm³/mol.